The molecule has 4 heteroatoms. The van der Waals surface area contributed by atoms with E-state index in [0.29, 0.717) is 0 Å². The van der Waals surface area contributed by atoms with E-state index in [9.17, 15) is 4.79 Å². The van der Waals surface area contributed by atoms with Crippen molar-refractivity contribution in [3.8, 4) is 5.88 Å². The molecule has 1 N–H and O–H groups in total. The van der Waals surface area contributed by atoms with Gasteiger partial charge in [-0.3, -0.25) is 0 Å². The van der Waals surface area contributed by atoms with Crippen molar-refractivity contribution in [3.63, 3.8) is 0 Å². The maximum atomic E-state index is 10.3. The molecule has 0 aliphatic heterocycles. The maximum absolute atomic E-state index is 10.3. The predicted molar refractivity (Wildman–Crippen MR) is 51.6 cm³/mol. The minimum Gasteiger partial charge on any atom is -0.449 e. The highest BCUT2D eigenvalue weighted by Crippen LogP contribution is 2.23. The molecule has 14 heavy (non-hydrogen) atoms. The lowest BCUT2D eigenvalue weighted by Gasteiger charge is -2.18. The number of carbonyl (C=O) groups is 1. The largest absolute Gasteiger partial charge is 0.512 e. The Balaban J connectivity index is 2.95. The van der Waals surface area contributed by atoms with Crippen molar-refractivity contribution in [1.29, 1.82) is 0 Å². The van der Waals surface area contributed by atoms with Crippen LogP contribution in [0.1, 0.15) is 26.3 Å². The fraction of sp³-hybridized carbons (Fsp3) is 0.400. The molecule has 1 heterocycles. The van der Waals surface area contributed by atoms with E-state index >= 15 is 0 Å². The summed E-state index contributed by atoms with van der Waals surface area (Å²) in [6.07, 6.45) is 0.197. The number of hydrogen-bond acceptors (Lipinski definition) is 3. The first kappa shape index (κ1) is 10.5. The van der Waals surface area contributed by atoms with Crippen LogP contribution in [-0.2, 0) is 5.41 Å². The van der Waals surface area contributed by atoms with Gasteiger partial charge in [-0.25, -0.2) is 9.78 Å². The average molecular weight is 195 g/mol. The van der Waals surface area contributed by atoms with Crippen molar-refractivity contribution in [1.82, 2.24) is 4.98 Å². The normalized spacial score (nSPS) is 11.1. The van der Waals surface area contributed by atoms with Crippen LogP contribution in [0.15, 0.2) is 18.3 Å². The Morgan fingerprint density at radius 3 is 2.64 bits per heavy atom. The minimum atomic E-state index is -1.34. The molecule has 0 bridgehead atoms. The number of carboxylic acid groups (broad SMARTS) is 1. The summed E-state index contributed by atoms with van der Waals surface area (Å²) in [6, 6.07) is 3.48. The third-order valence-electron chi connectivity index (χ3n) is 1.79. The summed E-state index contributed by atoms with van der Waals surface area (Å²) < 4.78 is 4.46. The molecule has 0 saturated heterocycles. The molecule has 1 aromatic heterocycles. The fourth-order valence-corrected chi connectivity index (χ4v) is 1.02. The van der Waals surface area contributed by atoms with Gasteiger partial charge in [-0.15, -0.1) is 0 Å². The third-order valence-corrected chi connectivity index (χ3v) is 1.79. The molecule has 1 rings (SSSR count). The zero-order valence-electron chi connectivity index (χ0n) is 8.44. The first-order chi connectivity index (χ1) is 6.39. The maximum Gasteiger partial charge on any atom is 0.512 e. The van der Waals surface area contributed by atoms with E-state index in [-0.39, 0.29) is 11.3 Å². The van der Waals surface area contributed by atoms with E-state index in [0.717, 1.165) is 5.56 Å². The van der Waals surface area contributed by atoms with Crippen LogP contribution in [-0.4, -0.2) is 16.2 Å². The van der Waals surface area contributed by atoms with Gasteiger partial charge in [-0.1, -0.05) is 20.8 Å². The monoisotopic (exact) mass is 195 g/mol. The Morgan fingerprint density at radius 2 is 2.14 bits per heavy atom. The second-order valence-electron chi connectivity index (χ2n) is 4.00. The topological polar surface area (TPSA) is 59.4 Å². The van der Waals surface area contributed by atoms with E-state index in [1.807, 2.05) is 26.8 Å². The van der Waals surface area contributed by atoms with Gasteiger partial charge in [0.2, 0.25) is 5.88 Å². The van der Waals surface area contributed by atoms with Gasteiger partial charge in [0.05, 0.1) is 0 Å². The van der Waals surface area contributed by atoms with Gasteiger partial charge in [0, 0.05) is 12.3 Å². The van der Waals surface area contributed by atoms with Crippen LogP contribution in [0, 0.1) is 0 Å². The Kier molecular flexibility index (Phi) is 2.74. The van der Waals surface area contributed by atoms with Crippen molar-refractivity contribution in [3.05, 3.63) is 23.9 Å². The van der Waals surface area contributed by atoms with Crippen molar-refractivity contribution < 1.29 is 14.6 Å². The zero-order valence-corrected chi connectivity index (χ0v) is 8.44. The Labute approximate surface area is 82.5 Å². The number of aromatic nitrogens is 1. The van der Waals surface area contributed by atoms with Crippen LogP contribution in [0.3, 0.4) is 0 Å². The Morgan fingerprint density at radius 1 is 1.50 bits per heavy atom. The second kappa shape index (κ2) is 3.65. The molecule has 0 fully saturated rings. The van der Waals surface area contributed by atoms with Crippen molar-refractivity contribution in [2.45, 2.75) is 26.2 Å². The van der Waals surface area contributed by atoms with Crippen LogP contribution in [0.25, 0.3) is 0 Å². The summed E-state index contributed by atoms with van der Waals surface area (Å²) in [4.78, 5) is 14.1. The van der Waals surface area contributed by atoms with Gasteiger partial charge in [-0.05, 0) is 17.0 Å². The Hall–Kier alpha value is -1.58. The second-order valence-corrected chi connectivity index (χ2v) is 4.00. The van der Waals surface area contributed by atoms with Gasteiger partial charge >= 0.3 is 6.16 Å². The minimum absolute atomic E-state index is 0.0421. The van der Waals surface area contributed by atoms with Crippen molar-refractivity contribution in [2.24, 2.45) is 0 Å². The van der Waals surface area contributed by atoms with Crippen LogP contribution in [0.2, 0.25) is 0 Å². The average Bonchev–Trinajstić information content (AvgIpc) is 2.01. The molecule has 1 aromatic rings. The number of rotatable bonds is 1. The molecular formula is C10H13NO3. The van der Waals surface area contributed by atoms with Gasteiger partial charge in [0.15, 0.2) is 0 Å². The number of nitrogens with zero attached hydrogens (tertiary/aromatic N) is 1. The fourth-order valence-electron chi connectivity index (χ4n) is 1.02. The van der Waals surface area contributed by atoms with E-state index in [1.165, 1.54) is 0 Å². The Bertz CT molecular complexity index is 341. The SMILES string of the molecule is CC(C)(C)c1ccnc(OC(=O)O)c1. The molecule has 0 spiro atoms. The lowest BCUT2D eigenvalue weighted by Crippen LogP contribution is -2.12. The summed E-state index contributed by atoms with van der Waals surface area (Å²) >= 11 is 0. The van der Waals surface area contributed by atoms with Gasteiger partial charge in [0.25, 0.3) is 0 Å². The predicted octanol–water partition coefficient (Wildman–Crippen LogP) is 2.44. The summed E-state index contributed by atoms with van der Waals surface area (Å²) in [5.74, 6) is 0.116. The third kappa shape index (κ3) is 2.73. The summed E-state index contributed by atoms with van der Waals surface area (Å²) in [7, 11) is 0. The van der Waals surface area contributed by atoms with E-state index in [1.54, 1.807) is 12.3 Å². The quantitative estimate of drug-likeness (QED) is 0.699. The molecule has 76 valence electrons. The molecule has 0 saturated carbocycles. The van der Waals surface area contributed by atoms with Crippen LogP contribution in [0.5, 0.6) is 5.88 Å². The molecule has 4 nitrogen and oxygen atoms in total. The summed E-state index contributed by atoms with van der Waals surface area (Å²) in [5.41, 5.74) is 0.947. The first-order valence-corrected chi connectivity index (χ1v) is 4.27. The zero-order chi connectivity index (χ0) is 10.8. The van der Waals surface area contributed by atoms with Crippen molar-refractivity contribution >= 4 is 6.16 Å². The smallest absolute Gasteiger partial charge is 0.449 e. The molecule has 0 unspecified atom stereocenters. The van der Waals surface area contributed by atoms with Crippen molar-refractivity contribution in [2.75, 3.05) is 0 Å². The highest BCUT2D eigenvalue weighted by molar-refractivity contribution is 5.60. The molecule has 0 atom stereocenters. The molecular weight excluding hydrogens is 182 g/mol. The number of ether oxygens (including phenoxy) is 1. The molecule has 0 radical (unpaired) electrons. The lowest BCUT2D eigenvalue weighted by molar-refractivity contribution is 0.142. The van der Waals surface area contributed by atoms with Crippen LogP contribution < -0.4 is 4.74 Å². The van der Waals surface area contributed by atoms with E-state index in [4.69, 9.17) is 5.11 Å². The molecule has 0 aliphatic rings. The number of hydrogen-bond donors (Lipinski definition) is 1. The van der Waals surface area contributed by atoms with E-state index < -0.39 is 6.16 Å². The standard InChI is InChI=1S/C10H13NO3/c1-10(2,3)7-4-5-11-8(6-7)14-9(12)13/h4-6H,1-3H3,(H,12,13). The van der Waals surface area contributed by atoms with E-state index in [2.05, 4.69) is 9.72 Å². The molecule has 0 aliphatic carbocycles. The van der Waals surface area contributed by atoms with Gasteiger partial charge in [-0.2, -0.15) is 0 Å². The summed E-state index contributed by atoms with van der Waals surface area (Å²) in [5, 5.41) is 8.40. The van der Waals surface area contributed by atoms with Crippen LogP contribution >= 0.6 is 0 Å². The molecule has 0 aromatic carbocycles. The van der Waals surface area contributed by atoms with Crippen LogP contribution in [0.4, 0.5) is 4.79 Å². The first-order valence-electron chi connectivity index (χ1n) is 4.27. The highest BCUT2D eigenvalue weighted by Gasteiger charge is 2.15. The highest BCUT2D eigenvalue weighted by atomic mass is 16.7. The molecule has 0 amide bonds. The summed E-state index contributed by atoms with van der Waals surface area (Å²) in [6.45, 7) is 6.10. The lowest BCUT2D eigenvalue weighted by atomic mass is 9.88. The van der Waals surface area contributed by atoms with Gasteiger partial charge < -0.3 is 9.84 Å². The van der Waals surface area contributed by atoms with Gasteiger partial charge in [0.1, 0.15) is 0 Å². The number of pyridine rings is 1.